The number of aromatic nitrogens is 2. The van der Waals surface area contributed by atoms with E-state index in [9.17, 15) is 9.59 Å². The summed E-state index contributed by atoms with van der Waals surface area (Å²) in [6.07, 6.45) is 1.87. The number of alkyl halides is 1. The number of hydrogen-bond acceptors (Lipinski definition) is 5. The molecule has 0 radical (unpaired) electrons. The highest BCUT2D eigenvalue weighted by atomic mass is 35.5. The van der Waals surface area contributed by atoms with Crippen molar-refractivity contribution < 1.29 is 4.79 Å². The first-order valence-electron chi connectivity index (χ1n) is 7.89. The zero-order valence-corrected chi connectivity index (χ0v) is 15.4. The molecule has 1 saturated heterocycles. The number of piperidine rings is 1. The van der Waals surface area contributed by atoms with Crippen LogP contribution in [0.25, 0.3) is 0 Å². The summed E-state index contributed by atoms with van der Waals surface area (Å²) in [6.45, 7) is 2.58. The largest absolute Gasteiger partial charge is 0.331 e. The molecule has 24 heavy (non-hydrogen) atoms. The van der Waals surface area contributed by atoms with Crippen LogP contribution in [0.2, 0.25) is 0 Å². The minimum atomic E-state index is -0.210. The van der Waals surface area contributed by atoms with Gasteiger partial charge in [0, 0.05) is 26.2 Å². The Hall–Kier alpha value is -1.15. The first kappa shape index (κ1) is 20.9. The van der Waals surface area contributed by atoms with Crippen LogP contribution >= 0.6 is 24.0 Å². The lowest BCUT2D eigenvalue weighted by atomic mass is 9.87. The van der Waals surface area contributed by atoms with Crippen LogP contribution in [0.15, 0.2) is 16.9 Å². The molecule has 9 heteroatoms. The number of rotatable bonds is 6. The lowest BCUT2D eigenvalue weighted by molar-refractivity contribution is -0.132. The van der Waals surface area contributed by atoms with E-state index in [-0.39, 0.29) is 41.7 Å². The fourth-order valence-corrected chi connectivity index (χ4v) is 3.28. The van der Waals surface area contributed by atoms with Crippen LogP contribution in [0, 0.1) is 5.92 Å². The van der Waals surface area contributed by atoms with E-state index in [1.807, 2.05) is 0 Å². The van der Waals surface area contributed by atoms with Gasteiger partial charge in [-0.2, -0.15) is 5.10 Å². The zero-order valence-electron chi connectivity index (χ0n) is 13.8. The lowest BCUT2D eigenvalue weighted by Gasteiger charge is -2.38. The maximum atomic E-state index is 12.3. The number of nitrogens with two attached hydrogens (primary N) is 1. The third-order valence-electron chi connectivity index (χ3n) is 4.25. The van der Waals surface area contributed by atoms with Gasteiger partial charge in [0.1, 0.15) is 5.88 Å². The van der Waals surface area contributed by atoms with E-state index in [1.165, 1.54) is 10.7 Å². The summed E-state index contributed by atoms with van der Waals surface area (Å²) in [5, 5.41) is 7.70. The van der Waals surface area contributed by atoms with Gasteiger partial charge < -0.3 is 16.0 Å². The van der Waals surface area contributed by atoms with Gasteiger partial charge in [0.25, 0.3) is 5.56 Å². The van der Waals surface area contributed by atoms with Crippen LogP contribution in [0.1, 0.15) is 24.6 Å². The molecule has 0 spiro atoms. The van der Waals surface area contributed by atoms with Crippen LogP contribution in [-0.2, 0) is 11.8 Å². The summed E-state index contributed by atoms with van der Waals surface area (Å²) >= 11 is 5.79. The number of amides is 1. The van der Waals surface area contributed by atoms with E-state index < -0.39 is 0 Å². The molecular weight excluding hydrogens is 353 g/mol. The predicted molar refractivity (Wildman–Crippen MR) is 96.5 cm³/mol. The van der Waals surface area contributed by atoms with Crippen molar-refractivity contribution in [2.45, 2.75) is 18.9 Å². The fourth-order valence-electron chi connectivity index (χ4n) is 3.13. The molecule has 0 bridgehead atoms. The summed E-state index contributed by atoms with van der Waals surface area (Å²) in [5.41, 5.74) is 6.24. The molecule has 1 atom stereocenters. The Morgan fingerprint density at radius 3 is 2.71 bits per heavy atom. The van der Waals surface area contributed by atoms with Gasteiger partial charge in [-0.15, -0.1) is 24.0 Å². The van der Waals surface area contributed by atoms with Gasteiger partial charge in [0.05, 0.1) is 11.7 Å². The van der Waals surface area contributed by atoms with Gasteiger partial charge in [-0.05, 0) is 37.9 Å². The SMILES string of the molecule is Cl.Cn1nc(C(C2CCNCC2)N(CCN)C(=O)CCl)ccc1=O. The van der Waals surface area contributed by atoms with Crippen molar-refractivity contribution in [1.29, 1.82) is 0 Å². The van der Waals surface area contributed by atoms with Gasteiger partial charge in [-0.3, -0.25) is 9.59 Å². The van der Waals surface area contributed by atoms with Gasteiger partial charge in [0.2, 0.25) is 5.91 Å². The second kappa shape index (κ2) is 9.98. The Morgan fingerprint density at radius 2 is 2.17 bits per heavy atom. The van der Waals surface area contributed by atoms with Gasteiger partial charge in [-0.1, -0.05) is 0 Å². The molecule has 136 valence electrons. The zero-order chi connectivity index (χ0) is 16.8. The standard InChI is InChI=1S/C15H24ClN5O2.ClH/c1-20-13(22)3-2-12(19-20)15(11-4-7-18-8-5-11)21(9-6-17)14(23)10-16;/h2-3,11,15,18H,4-10,17H2,1H3;1H. The third-order valence-corrected chi connectivity index (χ3v) is 4.48. The highest BCUT2D eigenvalue weighted by Crippen LogP contribution is 2.33. The van der Waals surface area contributed by atoms with E-state index in [4.69, 9.17) is 17.3 Å². The van der Waals surface area contributed by atoms with E-state index in [0.29, 0.717) is 18.8 Å². The monoisotopic (exact) mass is 377 g/mol. The summed E-state index contributed by atoms with van der Waals surface area (Å²) in [6, 6.07) is 2.99. The Morgan fingerprint density at radius 1 is 1.50 bits per heavy atom. The number of carbonyl (C=O) groups is 1. The summed E-state index contributed by atoms with van der Waals surface area (Å²) in [7, 11) is 1.61. The van der Waals surface area contributed by atoms with Crippen LogP contribution in [-0.4, -0.2) is 52.6 Å². The Bertz CT molecular complexity index is 589. The molecule has 1 unspecified atom stereocenters. The van der Waals surface area contributed by atoms with Crippen molar-refractivity contribution in [3.8, 4) is 0 Å². The average molecular weight is 378 g/mol. The maximum absolute atomic E-state index is 12.3. The Labute approximate surface area is 152 Å². The molecule has 0 aromatic carbocycles. The second-order valence-electron chi connectivity index (χ2n) is 5.76. The molecule has 1 fully saturated rings. The van der Waals surface area contributed by atoms with Crippen LogP contribution in [0.5, 0.6) is 0 Å². The molecule has 1 amide bonds. The Kier molecular flexibility index (Phi) is 8.69. The highest BCUT2D eigenvalue weighted by molar-refractivity contribution is 6.27. The average Bonchev–Trinajstić information content (AvgIpc) is 2.58. The van der Waals surface area contributed by atoms with Crippen LogP contribution < -0.4 is 16.6 Å². The summed E-state index contributed by atoms with van der Waals surface area (Å²) < 4.78 is 1.30. The van der Waals surface area contributed by atoms with Crippen molar-refractivity contribution in [2.24, 2.45) is 18.7 Å². The molecular formula is C15H25Cl2N5O2. The van der Waals surface area contributed by atoms with E-state index in [1.54, 1.807) is 18.0 Å². The Balaban J connectivity index is 0.00000288. The number of halogens is 2. The minimum absolute atomic E-state index is 0. The van der Waals surface area contributed by atoms with E-state index in [0.717, 1.165) is 25.9 Å². The molecule has 3 N–H and O–H groups in total. The normalized spacial score (nSPS) is 16.3. The number of nitrogens with one attached hydrogen (secondary N) is 1. The van der Waals surface area contributed by atoms with Crippen LogP contribution in [0.3, 0.4) is 0 Å². The predicted octanol–water partition coefficient (Wildman–Crippen LogP) is 0.269. The van der Waals surface area contributed by atoms with Crippen molar-refractivity contribution in [3.05, 3.63) is 28.2 Å². The maximum Gasteiger partial charge on any atom is 0.266 e. The lowest BCUT2D eigenvalue weighted by Crippen LogP contribution is -2.45. The fraction of sp³-hybridized carbons (Fsp3) is 0.667. The van der Waals surface area contributed by atoms with Gasteiger partial charge in [0.15, 0.2) is 0 Å². The first-order valence-corrected chi connectivity index (χ1v) is 8.42. The molecule has 2 heterocycles. The highest BCUT2D eigenvalue weighted by Gasteiger charge is 2.33. The molecule has 2 rings (SSSR count). The molecule has 1 aliphatic heterocycles. The van der Waals surface area contributed by atoms with Crippen LogP contribution in [0.4, 0.5) is 0 Å². The van der Waals surface area contributed by atoms with Crippen molar-refractivity contribution in [2.75, 3.05) is 32.1 Å². The van der Waals surface area contributed by atoms with Crippen molar-refractivity contribution in [1.82, 2.24) is 20.0 Å². The molecule has 7 nitrogen and oxygen atoms in total. The molecule has 0 aliphatic carbocycles. The van der Waals surface area contributed by atoms with E-state index >= 15 is 0 Å². The molecule has 1 aliphatic rings. The number of carbonyl (C=O) groups excluding carboxylic acids is 1. The number of aryl methyl sites for hydroxylation is 1. The molecule has 1 aromatic heterocycles. The van der Waals surface area contributed by atoms with Crippen molar-refractivity contribution >= 4 is 29.9 Å². The summed E-state index contributed by atoms with van der Waals surface area (Å²) in [4.78, 5) is 25.7. The molecule has 0 saturated carbocycles. The van der Waals surface area contributed by atoms with E-state index in [2.05, 4.69) is 10.4 Å². The first-order chi connectivity index (χ1) is 11.1. The van der Waals surface area contributed by atoms with Crippen molar-refractivity contribution in [3.63, 3.8) is 0 Å². The minimum Gasteiger partial charge on any atom is -0.331 e. The topological polar surface area (TPSA) is 93.2 Å². The smallest absolute Gasteiger partial charge is 0.266 e. The number of nitrogens with zero attached hydrogens (tertiary/aromatic N) is 3. The summed E-state index contributed by atoms with van der Waals surface area (Å²) in [5.74, 6) is 0.0176. The second-order valence-corrected chi connectivity index (χ2v) is 6.03. The van der Waals surface area contributed by atoms with Gasteiger partial charge in [-0.25, -0.2) is 4.68 Å². The molecule has 1 aromatic rings. The third kappa shape index (κ3) is 4.92. The quantitative estimate of drug-likeness (QED) is 0.694. The van der Waals surface area contributed by atoms with Gasteiger partial charge >= 0.3 is 0 Å². The number of hydrogen-bond donors (Lipinski definition) is 2.